The maximum absolute atomic E-state index is 12.4. The second kappa shape index (κ2) is 4.42. The van der Waals surface area contributed by atoms with Crippen LogP contribution in [0.2, 0.25) is 0 Å². The zero-order valence-electron chi connectivity index (χ0n) is 10.9. The van der Waals surface area contributed by atoms with Crippen LogP contribution in [0.3, 0.4) is 0 Å². The van der Waals surface area contributed by atoms with Crippen LogP contribution < -0.4 is 9.46 Å². The molecule has 0 aliphatic carbocycles. The molecule has 0 saturated carbocycles. The number of nitrogens with one attached hydrogen (secondary N) is 1. The lowest BCUT2D eigenvalue weighted by atomic mass is 10.2. The normalized spacial score (nSPS) is 32.6. The van der Waals surface area contributed by atoms with E-state index in [0.717, 1.165) is 19.8 Å². The first kappa shape index (κ1) is 12.6. The fraction of sp³-hybridized carbons (Fsp3) is 0.538. The predicted molar refractivity (Wildman–Crippen MR) is 71.1 cm³/mol. The van der Waals surface area contributed by atoms with Gasteiger partial charge >= 0.3 is 0 Å². The Morgan fingerprint density at radius 2 is 2.00 bits per heavy atom. The fourth-order valence-electron chi connectivity index (χ4n) is 2.96. The van der Waals surface area contributed by atoms with E-state index in [1.165, 1.54) is 0 Å². The molecule has 1 N–H and O–H groups in total. The van der Waals surface area contributed by atoms with Gasteiger partial charge in [-0.3, -0.25) is 4.90 Å². The Morgan fingerprint density at radius 1 is 1.20 bits per heavy atom. The van der Waals surface area contributed by atoms with Gasteiger partial charge < -0.3 is 9.47 Å². The molecule has 3 aliphatic rings. The number of benzene rings is 1. The number of rotatable bonds is 1. The van der Waals surface area contributed by atoms with Crippen molar-refractivity contribution in [1.29, 1.82) is 0 Å². The van der Waals surface area contributed by atoms with E-state index in [9.17, 15) is 8.42 Å². The summed E-state index contributed by atoms with van der Waals surface area (Å²) >= 11 is 0. The highest BCUT2D eigenvalue weighted by Gasteiger charge is 2.44. The quantitative estimate of drug-likeness (QED) is 0.778. The minimum Gasteiger partial charge on any atom is -0.486 e. The Bertz CT molecular complexity index is 629. The highest BCUT2D eigenvalue weighted by atomic mass is 32.2. The lowest BCUT2D eigenvalue weighted by Gasteiger charge is -2.34. The topological polar surface area (TPSA) is 67.9 Å². The number of para-hydroxylation sites is 1. The molecule has 3 heterocycles. The SMILES string of the molecule is O=S1(=O)N[C@@H]2CN(C3COC3)C[C@@H]2Oc2ccccc21. The molecule has 6 nitrogen and oxygen atoms in total. The molecule has 0 bridgehead atoms. The number of fused-ring (bicyclic) bond motifs is 2. The van der Waals surface area contributed by atoms with Crippen LogP contribution in [-0.4, -0.2) is 57.8 Å². The molecule has 1 aromatic carbocycles. The third kappa shape index (κ3) is 1.93. The first-order valence-corrected chi connectivity index (χ1v) is 8.21. The van der Waals surface area contributed by atoms with Crippen molar-refractivity contribution in [1.82, 2.24) is 9.62 Å². The van der Waals surface area contributed by atoms with Gasteiger partial charge in [0.25, 0.3) is 0 Å². The highest BCUT2D eigenvalue weighted by molar-refractivity contribution is 7.89. The first-order valence-electron chi connectivity index (χ1n) is 6.73. The van der Waals surface area contributed by atoms with Gasteiger partial charge in [-0.2, -0.15) is 0 Å². The van der Waals surface area contributed by atoms with Gasteiger partial charge in [0.05, 0.1) is 25.3 Å². The average molecular weight is 296 g/mol. The monoisotopic (exact) mass is 296 g/mol. The van der Waals surface area contributed by atoms with Crippen LogP contribution in [-0.2, 0) is 14.8 Å². The summed E-state index contributed by atoms with van der Waals surface area (Å²) in [5.74, 6) is 0.444. The first-order chi connectivity index (χ1) is 9.63. The zero-order chi connectivity index (χ0) is 13.7. The van der Waals surface area contributed by atoms with E-state index in [-0.39, 0.29) is 17.0 Å². The Morgan fingerprint density at radius 3 is 2.75 bits per heavy atom. The summed E-state index contributed by atoms with van der Waals surface area (Å²) in [5, 5.41) is 0. The molecule has 0 amide bonds. The Hall–Kier alpha value is -1.15. The van der Waals surface area contributed by atoms with Gasteiger partial charge in [-0.05, 0) is 12.1 Å². The summed E-state index contributed by atoms with van der Waals surface area (Å²) in [6, 6.07) is 6.99. The highest BCUT2D eigenvalue weighted by Crippen LogP contribution is 2.31. The summed E-state index contributed by atoms with van der Waals surface area (Å²) in [5.41, 5.74) is 0. The Balaban J connectivity index is 1.65. The van der Waals surface area contributed by atoms with Crippen molar-refractivity contribution in [3.05, 3.63) is 24.3 Å². The van der Waals surface area contributed by atoms with E-state index in [1.807, 2.05) is 0 Å². The van der Waals surface area contributed by atoms with Gasteiger partial charge in [0.15, 0.2) is 0 Å². The number of hydrogen-bond acceptors (Lipinski definition) is 5. The van der Waals surface area contributed by atoms with Gasteiger partial charge in [0.2, 0.25) is 10.0 Å². The molecule has 0 aromatic heterocycles. The van der Waals surface area contributed by atoms with Crippen LogP contribution in [0.15, 0.2) is 29.2 Å². The van der Waals surface area contributed by atoms with Crippen LogP contribution in [0.25, 0.3) is 0 Å². The molecule has 0 radical (unpaired) electrons. The van der Waals surface area contributed by atoms with Crippen molar-refractivity contribution in [2.45, 2.75) is 23.1 Å². The van der Waals surface area contributed by atoms with Crippen LogP contribution in [0, 0.1) is 0 Å². The number of likely N-dealkylation sites (tertiary alicyclic amines) is 1. The third-order valence-electron chi connectivity index (χ3n) is 4.15. The molecule has 0 unspecified atom stereocenters. The molecule has 20 heavy (non-hydrogen) atoms. The molecule has 7 heteroatoms. The van der Waals surface area contributed by atoms with Crippen LogP contribution >= 0.6 is 0 Å². The summed E-state index contributed by atoms with van der Waals surface area (Å²) in [6.45, 7) is 2.85. The number of nitrogens with zero attached hydrogens (tertiary/aromatic N) is 1. The fourth-order valence-corrected chi connectivity index (χ4v) is 4.35. The maximum Gasteiger partial charge on any atom is 0.244 e. The van der Waals surface area contributed by atoms with E-state index in [0.29, 0.717) is 18.3 Å². The zero-order valence-corrected chi connectivity index (χ0v) is 11.7. The van der Waals surface area contributed by atoms with Crippen molar-refractivity contribution in [2.24, 2.45) is 0 Å². The smallest absolute Gasteiger partial charge is 0.244 e. The van der Waals surface area contributed by atoms with Crippen molar-refractivity contribution in [3.8, 4) is 5.75 Å². The summed E-state index contributed by atoms with van der Waals surface area (Å²) in [4.78, 5) is 2.47. The Kier molecular flexibility index (Phi) is 2.78. The van der Waals surface area contributed by atoms with Gasteiger partial charge in [0.1, 0.15) is 16.7 Å². The molecule has 108 valence electrons. The van der Waals surface area contributed by atoms with Crippen molar-refractivity contribution in [2.75, 3.05) is 26.3 Å². The third-order valence-corrected chi connectivity index (χ3v) is 5.68. The predicted octanol–water partition coefficient (Wildman–Crippen LogP) is -0.191. The van der Waals surface area contributed by atoms with Gasteiger partial charge in [-0.25, -0.2) is 13.1 Å². The molecule has 2 atom stereocenters. The summed E-state index contributed by atoms with van der Waals surface area (Å²) in [6.07, 6.45) is -0.144. The van der Waals surface area contributed by atoms with Gasteiger partial charge in [-0.1, -0.05) is 12.1 Å². The lowest BCUT2D eigenvalue weighted by molar-refractivity contribution is -0.0595. The average Bonchev–Trinajstić information content (AvgIpc) is 2.65. The molecule has 0 spiro atoms. The van der Waals surface area contributed by atoms with E-state index < -0.39 is 10.0 Å². The van der Waals surface area contributed by atoms with E-state index >= 15 is 0 Å². The number of ether oxygens (including phenoxy) is 2. The molecule has 1 aromatic rings. The van der Waals surface area contributed by atoms with E-state index in [4.69, 9.17) is 9.47 Å². The summed E-state index contributed by atoms with van der Waals surface area (Å²) in [7, 11) is -3.50. The van der Waals surface area contributed by atoms with E-state index in [1.54, 1.807) is 24.3 Å². The maximum atomic E-state index is 12.4. The molecule has 2 saturated heterocycles. The molecular formula is C13H16N2O4S. The molecular weight excluding hydrogens is 280 g/mol. The van der Waals surface area contributed by atoms with Gasteiger partial charge in [-0.15, -0.1) is 0 Å². The van der Waals surface area contributed by atoms with Crippen molar-refractivity contribution >= 4 is 10.0 Å². The largest absolute Gasteiger partial charge is 0.486 e. The minimum atomic E-state index is -3.50. The molecule has 3 aliphatic heterocycles. The minimum absolute atomic E-state index is 0.144. The number of sulfonamides is 1. The molecule has 4 rings (SSSR count). The molecule has 2 fully saturated rings. The number of hydrogen-bond donors (Lipinski definition) is 1. The standard InChI is InChI=1S/C13H16N2O4S/c16-20(17)13-4-2-1-3-11(13)19-12-6-15(5-10(12)14-20)9-7-18-8-9/h1-4,9-10,12,14H,5-8H2/t10-,12+/m1/s1. The van der Waals surface area contributed by atoms with Crippen molar-refractivity contribution in [3.63, 3.8) is 0 Å². The van der Waals surface area contributed by atoms with Crippen LogP contribution in [0.1, 0.15) is 0 Å². The second-order valence-electron chi connectivity index (χ2n) is 5.48. The van der Waals surface area contributed by atoms with E-state index in [2.05, 4.69) is 9.62 Å². The van der Waals surface area contributed by atoms with Crippen LogP contribution in [0.5, 0.6) is 5.75 Å². The van der Waals surface area contributed by atoms with Crippen LogP contribution in [0.4, 0.5) is 0 Å². The Labute approximate surface area is 117 Å². The van der Waals surface area contributed by atoms with Crippen molar-refractivity contribution < 1.29 is 17.9 Å². The summed E-state index contributed by atoms with van der Waals surface area (Å²) < 4.78 is 38.6. The second-order valence-corrected chi connectivity index (χ2v) is 7.16. The van der Waals surface area contributed by atoms with Gasteiger partial charge in [0, 0.05) is 13.1 Å². The lowest BCUT2D eigenvalue weighted by Crippen LogP contribution is -2.49.